The van der Waals surface area contributed by atoms with E-state index in [-0.39, 0.29) is 29.8 Å². The minimum atomic E-state index is 0.113. The van der Waals surface area contributed by atoms with Crippen molar-refractivity contribution in [2.75, 3.05) is 0 Å². The molecule has 17 heavy (non-hydrogen) atoms. The maximum atomic E-state index is 11.8. The van der Waals surface area contributed by atoms with Gasteiger partial charge >= 0.3 is 0 Å². The second kappa shape index (κ2) is 4.55. The summed E-state index contributed by atoms with van der Waals surface area (Å²) < 4.78 is 0. The molecule has 3 unspecified atom stereocenters. The van der Waals surface area contributed by atoms with E-state index in [4.69, 9.17) is 0 Å². The van der Waals surface area contributed by atoms with Crippen molar-refractivity contribution in [2.45, 2.75) is 57.8 Å². The molecule has 3 saturated carbocycles. The molecule has 0 aromatic heterocycles. The second-order valence-corrected chi connectivity index (χ2v) is 6.29. The molecule has 0 N–H and O–H groups in total. The highest BCUT2D eigenvalue weighted by Gasteiger charge is 2.45. The van der Waals surface area contributed by atoms with E-state index in [2.05, 4.69) is 0 Å². The lowest BCUT2D eigenvalue weighted by Crippen LogP contribution is -2.31. The molecule has 94 valence electrons. The number of rotatable bonds is 1. The highest BCUT2D eigenvalue weighted by molar-refractivity contribution is 6.08. The fraction of sp³-hybridized carbons (Fsp3) is 0.867. The van der Waals surface area contributed by atoms with Crippen molar-refractivity contribution in [1.82, 2.24) is 0 Å². The molecule has 0 bridgehead atoms. The first kappa shape index (κ1) is 11.4. The Morgan fingerprint density at radius 3 is 2.18 bits per heavy atom. The predicted molar refractivity (Wildman–Crippen MR) is 65.5 cm³/mol. The fourth-order valence-corrected chi connectivity index (χ4v) is 4.41. The summed E-state index contributed by atoms with van der Waals surface area (Å²) in [5.74, 6) is 2.31. The van der Waals surface area contributed by atoms with Crippen LogP contribution in [0.2, 0.25) is 0 Å². The number of hydrogen-bond donors (Lipinski definition) is 0. The van der Waals surface area contributed by atoms with Crippen LogP contribution in [0.1, 0.15) is 57.8 Å². The maximum absolute atomic E-state index is 11.8. The van der Waals surface area contributed by atoms with E-state index in [0.717, 1.165) is 24.7 Å². The van der Waals surface area contributed by atoms with Crippen LogP contribution < -0.4 is 0 Å². The lowest BCUT2D eigenvalue weighted by Gasteiger charge is -2.37. The first-order valence-corrected chi connectivity index (χ1v) is 7.31. The molecule has 0 spiro atoms. The summed E-state index contributed by atoms with van der Waals surface area (Å²) in [6.45, 7) is 0. The Morgan fingerprint density at radius 1 is 0.706 bits per heavy atom. The van der Waals surface area contributed by atoms with Gasteiger partial charge in [0.2, 0.25) is 0 Å². The lowest BCUT2D eigenvalue weighted by molar-refractivity contribution is -0.122. The summed E-state index contributed by atoms with van der Waals surface area (Å²) in [7, 11) is 0. The third-order valence-corrected chi connectivity index (χ3v) is 5.38. The van der Waals surface area contributed by atoms with E-state index in [0.29, 0.717) is 0 Å². The lowest BCUT2D eigenvalue weighted by atomic mass is 9.67. The van der Waals surface area contributed by atoms with E-state index in [1.54, 1.807) is 0 Å². The van der Waals surface area contributed by atoms with Crippen molar-refractivity contribution in [3.8, 4) is 0 Å². The monoisotopic (exact) mass is 234 g/mol. The number of fused-ring (bicyclic) bond motifs is 1. The number of hydrogen-bond acceptors (Lipinski definition) is 2. The average Bonchev–Trinajstić information content (AvgIpc) is 2.66. The topological polar surface area (TPSA) is 34.1 Å². The molecule has 3 aliphatic rings. The van der Waals surface area contributed by atoms with E-state index in [1.807, 2.05) is 0 Å². The van der Waals surface area contributed by atoms with Crippen LogP contribution in [-0.4, -0.2) is 11.6 Å². The first-order valence-electron chi connectivity index (χ1n) is 7.31. The van der Waals surface area contributed by atoms with E-state index >= 15 is 0 Å². The van der Waals surface area contributed by atoms with Crippen molar-refractivity contribution < 1.29 is 9.59 Å². The fourth-order valence-electron chi connectivity index (χ4n) is 4.41. The van der Waals surface area contributed by atoms with Crippen LogP contribution in [0.5, 0.6) is 0 Å². The van der Waals surface area contributed by atoms with Crippen LogP contribution in [0.4, 0.5) is 0 Å². The number of ketones is 2. The smallest absolute Gasteiger partial charge is 0.144 e. The van der Waals surface area contributed by atoms with Gasteiger partial charge in [-0.3, -0.25) is 9.59 Å². The summed E-state index contributed by atoms with van der Waals surface area (Å²) >= 11 is 0. The summed E-state index contributed by atoms with van der Waals surface area (Å²) in [6.07, 6.45) is 10.3. The zero-order valence-corrected chi connectivity index (χ0v) is 10.5. The predicted octanol–water partition coefficient (Wildman–Crippen LogP) is 3.14. The Kier molecular flexibility index (Phi) is 3.06. The van der Waals surface area contributed by atoms with Gasteiger partial charge in [0.15, 0.2) is 0 Å². The molecule has 2 heteroatoms. The SMILES string of the molecule is O=C1CC(=O)C2CC(C3CCCCC3)CCC12. The first-order chi connectivity index (χ1) is 8.25. The molecule has 0 radical (unpaired) electrons. The van der Waals surface area contributed by atoms with Crippen molar-refractivity contribution >= 4 is 11.6 Å². The van der Waals surface area contributed by atoms with Gasteiger partial charge in [-0.05, 0) is 31.1 Å². The highest BCUT2D eigenvalue weighted by Crippen LogP contribution is 2.45. The van der Waals surface area contributed by atoms with Gasteiger partial charge in [-0.15, -0.1) is 0 Å². The molecule has 0 amide bonds. The number of carbonyl (C=O) groups excluding carboxylic acids is 2. The van der Waals surface area contributed by atoms with Crippen LogP contribution in [0.25, 0.3) is 0 Å². The highest BCUT2D eigenvalue weighted by atomic mass is 16.2. The molecule has 3 atom stereocenters. The Labute approximate surface area is 103 Å². The van der Waals surface area contributed by atoms with Crippen LogP contribution in [0.3, 0.4) is 0 Å². The summed E-state index contributed by atoms with van der Waals surface area (Å²) in [6, 6.07) is 0. The van der Waals surface area contributed by atoms with Crippen LogP contribution in [0, 0.1) is 23.7 Å². The Morgan fingerprint density at radius 2 is 1.41 bits per heavy atom. The molecule has 0 aliphatic heterocycles. The number of carbonyl (C=O) groups is 2. The molecular weight excluding hydrogens is 212 g/mol. The van der Waals surface area contributed by atoms with Crippen molar-refractivity contribution in [3.05, 3.63) is 0 Å². The minimum Gasteiger partial charge on any atom is -0.299 e. The largest absolute Gasteiger partial charge is 0.299 e. The van der Waals surface area contributed by atoms with Gasteiger partial charge in [-0.25, -0.2) is 0 Å². The Balaban J connectivity index is 1.66. The molecule has 2 nitrogen and oxygen atoms in total. The van der Waals surface area contributed by atoms with E-state index in [9.17, 15) is 9.59 Å². The molecule has 3 fully saturated rings. The molecule has 0 heterocycles. The van der Waals surface area contributed by atoms with Crippen molar-refractivity contribution in [3.63, 3.8) is 0 Å². The quantitative estimate of drug-likeness (QED) is 0.653. The summed E-state index contributed by atoms with van der Waals surface area (Å²) in [4.78, 5) is 23.5. The average molecular weight is 234 g/mol. The molecule has 0 aromatic carbocycles. The number of Topliss-reactive ketones (excluding diaryl/α,β-unsaturated/α-hetero) is 2. The standard InChI is InChI=1S/C15H22O2/c16-14-9-15(17)13-8-11(6-7-12(13)14)10-4-2-1-3-5-10/h10-13H,1-9H2. The van der Waals surface area contributed by atoms with Crippen molar-refractivity contribution in [2.24, 2.45) is 23.7 Å². The summed E-state index contributed by atoms with van der Waals surface area (Å²) in [5, 5.41) is 0. The third-order valence-electron chi connectivity index (χ3n) is 5.38. The van der Waals surface area contributed by atoms with Gasteiger partial charge in [0.05, 0.1) is 6.42 Å². The molecular formula is C15H22O2. The maximum Gasteiger partial charge on any atom is 0.144 e. The van der Waals surface area contributed by atoms with Crippen LogP contribution >= 0.6 is 0 Å². The van der Waals surface area contributed by atoms with Gasteiger partial charge in [0, 0.05) is 11.8 Å². The molecule has 0 saturated heterocycles. The van der Waals surface area contributed by atoms with Gasteiger partial charge in [0.25, 0.3) is 0 Å². The van der Waals surface area contributed by atoms with Crippen molar-refractivity contribution in [1.29, 1.82) is 0 Å². The zero-order valence-electron chi connectivity index (χ0n) is 10.5. The van der Waals surface area contributed by atoms with Gasteiger partial charge < -0.3 is 0 Å². The third kappa shape index (κ3) is 2.07. The van der Waals surface area contributed by atoms with Crippen LogP contribution in [0.15, 0.2) is 0 Å². The normalized spacial score (nSPS) is 39.4. The zero-order chi connectivity index (χ0) is 11.8. The Hall–Kier alpha value is -0.660. The van der Waals surface area contributed by atoms with Gasteiger partial charge in [-0.1, -0.05) is 32.1 Å². The Bertz CT molecular complexity index is 328. The summed E-state index contributed by atoms with van der Waals surface area (Å²) in [5.41, 5.74) is 0. The molecule has 0 aromatic rings. The van der Waals surface area contributed by atoms with Crippen LogP contribution in [-0.2, 0) is 9.59 Å². The van der Waals surface area contributed by atoms with E-state index < -0.39 is 0 Å². The second-order valence-electron chi connectivity index (χ2n) is 6.29. The van der Waals surface area contributed by atoms with Gasteiger partial charge in [0.1, 0.15) is 11.6 Å². The minimum absolute atomic E-state index is 0.113. The van der Waals surface area contributed by atoms with E-state index in [1.165, 1.54) is 38.5 Å². The molecule has 3 aliphatic carbocycles. The van der Waals surface area contributed by atoms with Gasteiger partial charge in [-0.2, -0.15) is 0 Å². The molecule has 3 rings (SSSR count).